The molecular formula is C10H14N4O5S. The van der Waals surface area contributed by atoms with E-state index in [0.717, 1.165) is 12.1 Å². The minimum absolute atomic E-state index is 0.137. The number of rotatable bonds is 4. The minimum atomic E-state index is -4.06. The molecule has 1 aromatic carbocycles. The summed E-state index contributed by atoms with van der Waals surface area (Å²) in [5.41, 5.74) is 5.13. The molecule has 0 unspecified atom stereocenters. The maximum Gasteiger partial charge on any atom is 0.289 e. The van der Waals surface area contributed by atoms with Crippen molar-refractivity contribution in [3.8, 4) is 0 Å². The highest BCUT2D eigenvalue weighted by Crippen LogP contribution is 2.25. The van der Waals surface area contributed by atoms with Crippen LogP contribution in [-0.2, 0) is 14.8 Å². The van der Waals surface area contributed by atoms with Crippen molar-refractivity contribution in [2.75, 3.05) is 32.0 Å². The first kappa shape index (κ1) is 14.7. The van der Waals surface area contributed by atoms with Gasteiger partial charge in [0.25, 0.3) is 15.7 Å². The Morgan fingerprint density at radius 3 is 2.60 bits per heavy atom. The number of nitro benzene ring substituents is 1. The Morgan fingerprint density at radius 2 is 2.00 bits per heavy atom. The van der Waals surface area contributed by atoms with Crippen LogP contribution < -0.4 is 10.6 Å². The highest BCUT2D eigenvalue weighted by atomic mass is 32.2. The van der Waals surface area contributed by atoms with E-state index in [4.69, 9.17) is 10.5 Å². The van der Waals surface area contributed by atoms with Crippen LogP contribution in [0.25, 0.3) is 0 Å². The lowest BCUT2D eigenvalue weighted by Crippen LogP contribution is -2.48. The maximum absolute atomic E-state index is 12.2. The van der Waals surface area contributed by atoms with E-state index in [1.165, 1.54) is 11.1 Å². The molecule has 3 N–H and O–H groups in total. The molecule has 0 bridgehead atoms. The van der Waals surface area contributed by atoms with E-state index in [0.29, 0.717) is 26.3 Å². The topological polar surface area (TPSA) is 128 Å². The first-order chi connectivity index (χ1) is 9.40. The molecule has 0 aliphatic carbocycles. The summed E-state index contributed by atoms with van der Waals surface area (Å²) in [5.74, 6) is 0. The zero-order chi connectivity index (χ0) is 14.8. The number of sulfonamides is 1. The lowest BCUT2D eigenvalue weighted by atomic mass is 10.3. The first-order valence-electron chi connectivity index (χ1n) is 5.79. The Bertz CT molecular complexity index is 612. The molecule has 1 saturated heterocycles. The number of benzene rings is 1. The van der Waals surface area contributed by atoms with E-state index in [9.17, 15) is 18.5 Å². The molecule has 1 aliphatic rings. The van der Waals surface area contributed by atoms with Crippen molar-refractivity contribution in [2.24, 2.45) is 0 Å². The van der Waals surface area contributed by atoms with Gasteiger partial charge in [-0.2, -0.15) is 0 Å². The van der Waals surface area contributed by atoms with Gasteiger partial charge in [-0.05, 0) is 12.1 Å². The van der Waals surface area contributed by atoms with E-state index < -0.39 is 25.5 Å². The highest BCUT2D eigenvalue weighted by Gasteiger charge is 2.28. The summed E-state index contributed by atoms with van der Waals surface area (Å²) in [6.45, 7) is 1.52. The molecule has 2 rings (SSSR count). The SMILES string of the molecule is Nc1ccc([N+](=O)[O-])c(S(=O)(=O)NN2CCOCC2)c1. The van der Waals surface area contributed by atoms with Crippen molar-refractivity contribution in [3.63, 3.8) is 0 Å². The second-order valence-corrected chi connectivity index (χ2v) is 5.81. The summed E-state index contributed by atoms with van der Waals surface area (Å²) in [5, 5.41) is 12.3. The van der Waals surface area contributed by atoms with Gasteiger partial charge in [-0.1, -0.05) is 0 Å². The Morgan fingerprint density at radius 1 is 1.35 bits per heavy atom. The molecule has 0 radical (unpaired) electrons. The third kappa shape index (κ3) is 3.22. The minimum Gasteiger partial charge on any atom is -0.399 e. The largest absolute Gasteiger partial charge is 0.399 e. The van der Waals surface area contributed by atoms with Gasteiger partial charge in [-0.25, -0.2) is 13.4 Å². The van der Waals surface area contributed by atoms with E-state index in [-0.39, 0.29) is 5.69 Å². The second kappa shape index (κ2) is 5.71. The van der Waals surface area contributed by atoms with Gasteiger partial charge in [0, 0.05) is 24.8 Å². The molecule has 1 aromatic rings. The number of nitrogen functional groups attached to an aromatic ring is 1. The number of nitro groups is 1. The van der Waals surface area contributed by atoms with Gasteiger partial charge in [0.1, 0.15) is 0 Å². The molecule has 0 spiro atoms. The van der Waals surface area contributed by atoms with Crippen molar-refractivity contribution >= 4 is 21.4 Å². The molecule has 20 heavy (non-hydrogen) atoms. The zero-order valence-electron chi connectivity index (χ0n) is 10.5. The van der Waals surface area contributed by atoms with Gasteiger partial charge in [0.2, 0.25) is 0 Å². The monoisotopic (exact) mass is 302 g/mol. The number of hydrogen-bond donors (Lipinski definition) is 2. The third-order valence-electron chi connectivity index (χ3n) is 2.73. The van der Waals surface area contributed by atoms with Crippen molar-refractivity contribution in [1.29, 1.82) is 0 Å². The molecule has 1 fully saturated rings. The fraction of sp³-hybridized carbons (Fsp3) is 0.400. The van der Waals surface area contributed by atoms with Crippen LogP contribution in [0.1, 0.15) is 0 Å². The van der Waals surface area contributed by atoms with E-state index in [1.54, 1.807) is 0 Å². The quantitative estimate of drug-likeness (QED) is 0.444. The third-order valence-corrected chi connectivity index (χ3v) is 4.14. The summed E-state index contributed by atoms with van der Waals surface area (Å²) in [7, 11) is -4.06. The van der Waals surface area contributed by atoms with E-state index in [2.05, 4.69) is 4.83 Å². The molecule has 0 amide bonds. The van der Waals surface area contributed by atoms with Crippen molar-refractivity contribution in [1.82, 2.24) is 9.84 Å². The van der Waals surface area contributed by atoms with Crippen LogP contribution in [0.3, 0.4) is 0 Å². The number of nitrogens with one attached hydrogen (secondary N) is 1. The normalized spacial score (nSPS) is 17.0. The molecule has 0 aromatic heterocycles. The molecule has 1 aliphatic heterocycles. The first-order valence-corrected chi connectivity index (χ1v) is 7.27. The standard InChI is InChI=1S/C10H14N4O5S/c11-8-1-2-9(14(15)16)10(7-8)20(17,18)12-13-3-5-19-6-4-13/h1-2,7,12H,3-6,11H2. The van der Waals surface area contributed by atoms with Crippen LogP contribution >= 0.6 is 0 Å². The molecule has 1 heterocycles. The Kier molecular flexibility index (Phi) is 4.18. The van der Waals surface area contributed by atoms with Crippen LogP contribution in [0.2, 0.25) is 0 Å². The second-order valence-electron chi connectivity index (χ2n) is 4.18. The lowest BCUT2D eigenvalue weighted by Gasteiger charge is -2.26. The highest BCUT2D eigenvalue weighted by molar-refractivity contribution is 7.89. The van der Waals surface area contributed by atoms with Crippen molar-refractivity contribution in [2.45, 2.75) is 4.90 Å². The number of ether oxygens (including phenoxy) is 1. The predicted octanol–water partition coefficient (Wildman–Crippen LogP) is -0.298. The molecule has 110 valence electrons. The summed E-state index contributed by atoms with van der Waals surface area (Å²) in [6, 6.07) is 3.43. The van der Waals surface area contributed by atoms with Crippen LogP contribution in [0.5, 0.6) is 0 Å². The van der Waals surface area contributed by atoms with Crippen molar-refractivity contribution < 1.29 is 18.1 Å². The number of nitrogens with two attached hydrogens (primary N) is 1. The maximum atomic E-state index is 12.2. The smallest absolute Gasteiger partial charge is 0.289 e. The van der Waals surface area contributed by atoms with Gasteiger partial charge in [0.05, 0.1) is 18.1 Å². The molecule has 10 heteroatoms. The van der Waals surface area contributed by atoms with Gasteiger partial charge >= 0.3 is 0 Å². The van der Waals surface area contributed by atoms with Gasteiger partial charge in [-0.3, -0.25) is 10.1 Å². The number of nitrogens with zero attached hydrogens (tertiary/aromatic N) is 2. The van der Waals surface area contributed by atoms with Gasteiger partial charge in [-0.15, -0.1) is 4.83 Å². The predicted molar refractivity (Wildman–Crippen MR) is 70.2 cm³/mol. The fourth-order valence-corrected chi connectivity index (χ4v) is 3.10. The Labute approximate surface area is 115 Å². The van der Waals surface area contributed by atoms with Gasteiger partial charge < -0.3 is 10.5 Å². The van der Waals surface area contributed by atoms with Crippen molar-refractivity contribution in [3.05, 3.63) is 28.3 Å². The number of morpholine rings is 1. The Hall–Kier alpha value is -1.75. The molecule has 0 saturated carbocycles. The van der Waals surface area contributed by atoms with Crippen LogP contribution in [0.4, 0.5) is 11.4 Å². The summed E-state index contributed by atoms with van der Waals surface area (Å²) < 4.78 is 29.5. The number of anilines is 1. The van der Waals surface area contributed by atoms with E-state index >= 15 is 0 Å². The zero-order valence-corrected chi connectivity index (χ0v) is 11.3. The average Bonchev–Trinajstić information content (AvgIpc) is 2.39. The summed E-state index contributed by atoms with van der Waals surface area (Å²) in [4.78, 5) is 12.0. The van der Waals surface area contributed by atoms with Crippen LogP contribution in [0, 0.1) is 10.1 Å². The molecule has 0 atom stereocenters. The Balaban J connectivity index is 2.32. The number of hydrogen-bond acceptors (Lipinski definition) is 7. The fourth-order valence-electron chi connectivity index (χ4n) is 1.77. The summed E-state index contributed by atoms with van der Waals surface area (Å²) in [6.07, 6.45) is 0. The lowest BCUT2D eigenvalue weighted by molar-refractivity contribution is -0.387. The van der Waals surface area contributed by atoms with Gasteiger partial charge in [0.15, 0.2) is 4.90 Å². The van der Waals surface area contributed by atoms with Crippen LogP contribution in [-0.4, -0.2) is 44.7 Å². The number of hydrazine groups is 1. The molecule has 9 nitrogen and oxygen atoms in total. The summed E-state index contributed by atoms with van der Waals surface area (Å²) >= 11 is 0. The molecular weight excluding hydrogens is 288 g/mol. The average molecular weight is 302 g/mol. The van der Waals surface area contributed by atoms with E-state index in [1.807, 2.05) is 0 Å². The van der Waals surface area contributed by atoms with Crippen LogP contribution in [0.15, 0.2) is 23.1 Å².